The normalized spacial score (nSPS) is 11.1. The van der Waals surface area contributed by atoms with Crippen LogP contribution in [0.25, 0.3) is 0 Å². The summed E-state index contributed by atoms with van der Waals surface area (Å²) in [4.78, 5) is 0. The zero-order valence-corrected chi connectivity index (χ0v) is 11.3. The minimum atomic E-state index is 0.732. The van der Waals surface area contributed by atoms with Crippen LogP contribution in [-0.2, 0) is 20.1 Å². The van der Waals surface area contributed by atoms with Crippen LogP contribution in [0, 0.1) is 6.92 Å². The first-order valence-electron chi connectivity index (χ1n) is 6.41. The molecule has 0 amide bonds. The zero-order chi connectivity index (χ0) is 13.0. The molecule has 0 atom stereocenters. The minimum absolute atomic E-state index is 0.732. The summed E-state index contributed by atoms with van der Waals surface area (Å²) in [5, 5.41) is 12.3. The summed E-state index contributed by atoms with van der Waals surface area (Å²) in [7, 11) is 1.93. The van der Waals surface area contributed by atoms with Crippen molar-refractivity contribution >= 4 is 0 Å². The number of nitrogens with one attached hydrogen (secondary N) is 1. The molecule has 2 rings (SSSR count). The second kappa shape index (κ2) is 5.82. The van der Waals surface area contributed by atoms with E-state index in [0.29, 0.717) is 0 Å². The van der Waals surface area contributed by atoms with E-state index in [2.05, 4.69) is 35.6 Å². The first-order chi connectivity index (χ1) is 8.69. The number of aromatic nitrogens is 4. The van der Waals surface area contributed by atoms with E-state index in [1.165, 1.54) is 5.56 Å². The molecular formula is C13H21N5. The minimum Gasteiger partial charge on any atom is -0.313 e. The van der Waals surface area contributed by atoms with Crippen molar-refractivity contribution in [2.75, 3.05) is 6.54 Å². The topological polar surface area (TPSA) is 47.7 Å². The fourth-order valence-corrected chi connectivity index (χ4v) is 1.93. The van der Waals surface area contributed by atoms with E-state index >= 15 is 0 Å². The van der Waals surface area contributed by atoms with Gasteiger partial charge in [-0.05, 0) is 26.0 Å². The van der Waals surface area contributed by atoms with Crippen LogP contribution in [0.2, 0.25) is 0 Å². The van der Waals surface area contributed by atoms with Gasteiger partial charge >= 0.3 is 0 Å². The highest BCUT2D eigenvalue weighted by Gasteiger charge is 2.06. The van der Waals surface area contributed by atoms with Gasteiger partial charge in [-0.1, -0.05) is 6.92 Å². The lowest BCUT2D eigenvalue weighted by atomic mass is 10.2. The average Bonchev–Trinajstić information content (AvgIpc) is 2.87. The maximum absolute atomic E-state index is 4.52. The van der Waals surface area contributed by atoms with Crippen molar-refractivity contribution < 1.29 is 0 Å². The number of nitrogens with zero attached hydrogens (tertiary/aromatic N) is 4. The van der Waals surface area contributed by atoms with Crippen LogP contribution >= 0.6 is 0 Å². The average molecular weight is 247 g/mol. The van der Waals surface area contributed by atoms with Crippen molar-refractivity contribution in [3.05, 3.63) is 35.4 Å². The highest BCUT2D eigenvalue weighted by atomic mass is 15.3. The van der Waals surface area contributed by atoms with Crippen molar-refractivity contribution in [1.82, 2.24) is 24.9 Å². The van der Waals surface area contributed by atoms with Crippen molar-refractivity contribution in [1.29, 1.82) is 0 Å². The highest BCUT2D eigenvalue weighted by molar-refractivity contribution is 5.16. The van der Waals surface area contributed by atoms with Gasteiger partial charge in [-0.25, -0.2) is 0 Å². The Kier molecular flexibility index (Phi) is 4.15. The zero-order valence-electron chi connectivity index (χ0n) is 11.3. The molecule has 0 spiro atoms. The highest BCUT2D eigenvalue weighted by Crippen LogP contribution is 2.07. The van der Waals surface area contributed by atoms with Crippen LogP contribution in [0.3, 0.4) is 0 Å². The Bertz CT molecular complexity index is 497. The largest absolute Gasteiger partial charge is 0.313 e. The molecule has 5 heteroatoms. The van der Waals surface area contributed by atoms with Crippen molar-refractivity contribution in [3.63, 3.8) is 0 Å². The molecule has 0 bridgehead atoms. The van der Waals surface area contributed by atoms with E-state index in [1.54, 1.807) is 0 Å². The van der Waals surface area contributed by atoms with E-state index in [0.717, 1.165) is 37.4 Å². The van der Waals surface area contributed by atoms with Crippen molar-refractivity contribution in [3.8, 4) is 0 Å². The molecule has 2 heterocycles. The molecule has 0 saturated heterocycles. The summed E-state index contributed by atoms with van der Waals surface area (Å²) in [5.74, 6) is 0. The Morgan fingerprint density at radius 1 is 1.33 bits per heavy atom. The molecule has 0 fully saturated rings. The Labute approximate surface area is 108 Å². The van der Waals surface area contributed by atoms with Crippen LogP contribution < -0.4 is 5.32 Å². The molecule has 0 saturated carbocycles. The van der Waals surface area contributed by atoms with E-state index in [9.17, 15) is 0 Å². The Balaban J connectivity index is 1.99. The molecular weight excluding hydrogens is 226 g/mol. The van der Waals surface area contributed by atoms with Crippen LogP contribution in [-0.4, -0.2) is 26.1 Å². The number of rotatable bonds is 6. The summed E-state index contributed by atoms with van der Waals surface area (Å²) in [6.07, 6.45) is 5.21. The summed E-state index contributed by atoms with van der Waals surface area (Å²) in [6.45, 7) is 6.89. The molecule has 5 nitrogen and oxygen atoms in total. The molecule has 0 aliphatic carbocycles. The Hall–Kier alpha value is -1.62. The monoisotopic (exact) mass is 247 g/mol. The number of hydrogen-bond acceptors (Lipinski definition) is 3. The van der Waals surface area contributed by atoms with Gasteiger partial charge < -0.3 is 5.32 Å². The predicted octanol–water partition coefficient (Wildman–Crippen LogP) is 1.47. The molecule has 1 N–H and O–H groups in total. The Morgan fingerprint density at radius 3 is 2.83 bits per heavy atom. The van der Waals surface area contributed by atoms with E-state index in [4.69, 9.17) is 0 Å². The van der Waals surface area contributed by atoms with Crippen LogP contribution in [0.1, 0.15) is 30.3 Å². The van der Waals surface area contributed by atoms with E-state index in [-0.39, 0.29) is 0 Å². The molecule has 2 aromatic heterocycles. The van der Waals surface area contributed by atoms with Gasteiger partial charge in [0.15, 0.2) is 0 Å². The third kappa shape index (κ3) is 3.20. The van der Waals surface area contributed by atoms with Gasteiger partial charge in [-0.2, -0.15) is 10.2 Å². The quantitative estimate of drug-likeness (QED) is 0.786. The second-order valence-electron chi connectivity index (χ2n) is 4.59. The predicted molar refractivity (Wildman–Crippen MR) is 71.3 cm³/mol. The lowest BCUT2D eigenvalue weighted by Gasteiger charge is -2.00. The Morgan fingerprint density at radius 2 is 2.17 bits per heavy atom. The molecule has 0 unspecified atom stereocenters. The van der Waals surface area contributed by atoms with Gasteiger partial charge in [0.1, 0.15) is 0 Å². The van der Waals surface area contributed by atoms with Gasteiger partial charge in [0, 0.05) is 31.5 Å². The van der Waals surface area contributed by atoms with Gasteiger partial charge in [-0.3, -0.25) is 9.36 Å². The summed E-state index contributed by atoms with van der Waals surface area (Å²) >= 11 is 0. The standard InChI is InChI=1S/C13H21N5/c1-4-6-14-8-12-9-18(15-11(12)2)10-13-5-7-17(3)16-13/h5,7,9,14H,4,6,8,10H2,1-3H3. The molecule has 2 aromatic rings. The molecule has 98 valence electrons. The lowest BCUT2D eigenvalue weighted by molar-refractivity contribution is 0.644. The van der Waals surface area contributed by atoms with Crippen molar-refractivity contribution in [2.45, 2.75) is 33.4 Å². The number of hydrogen-bond donors (Lipinski definition) is 1. The van der Waals surface area contributed by atoms with Gasteiger partial charge in [0.05, 0.1) is 17.9 Å². The molecule has 0 radical (unpaired) electrons. The fraction of sp³-hybridized carbons (Fsp3) is 0.538. The third-order valence-corrected chi connectivity index (χ3v) is 2.88. The first kappa shape index (κ1) is 12.8. The number of aryl methyl sites for hydroxylation is 2. The van der Waals surface area contributed by atoms with Gasteiger partial charge in [0.25, 0.3) is 0 Å². The smallest absolute Gasteiger partial charge is 0.0850 e. The molecule has 0 aromatic carbocycles. The van der Waals surface area contributed by atoms with E-state index < -0.39 is 0 Å². The SMILES string of the molecule is CCCNCc1cn(Cc2ccn(C)n2)nc1C. The van der Waals surface area contributed by atoms with Gasteiger partial charge in [0.2, 0.25) is 0 Å². The summed E-state index contributed by atoms with van der Waals surface area (Å²) in [6, 6.07) is 2.02. The molecule has 18 heavy (non-hydrogen) atoms. The van der Waals surface area contributed by atoms with Crippen LogP contribution in [0.5, 0.6) is 0 Å². The molecule has 0 aliphatic heterocycles. The molecule has 0 aliphatic rings. The first-order valence-corrected chi connectivity index (χ1v) is 6.41. The van der Waals surface area contributed by atoms with E-state index in [1.807, 2.05) is 28.7 Å². The summed E-state index contributed by atoms with van der Waals surface area (Å²) in [5.41, 5.74) is 3.39. The van der Waals surface area contributed by atoms with Crippen LogP contribution in [0.15, 0.2) is 18.5 Å². The summed E-state index contributed by atoms with van der Waals surface area (Å²) < 4.78 is 3.77. The lowest BCUT2D eigenvalue weighted by Crippen LogP contribution is -2.13. The fourth-order valence-electron chi connectivity index (χ4n) is 1.93. The third-order valence-electron chi connectivity index (χ3n) is 2.88. The second-order valence-corrected chi connectivity index (χ2v) is 4.59. The van der Waals surface area contributed by atoms with Crippen LogP contribution in [0.4, 0.5) is 0 Å². The maximum atomic E-state index is 4.52. The maximum Gasteiger partial charge on any atom is 0.0850 e. The van der Waals surface area contributed by atoms with Gasteiger partial charge in [-0.15, -0.1) is 0 Å². The van der Waals surface area contributed by atoms with Crippen molar-refractivity contribution in [2.24, 2.45) is 7.05 Å².